The largest absolute Gasteiger partial charge is 0.354 e. The summed E-state index contributed by atoms with van der Waals surface area (Å²) in [5.74, 6) is -0.182. The second-order valence-corrected chi connectivity index (χ2v) is 7.37. The Labute approximate surface area is 157 Å². The minimum absolute atomic E-state index is 0.275. The predicted octanol–water partition coefficient (Wildman–Crippen LogP) is 3.58. The van der Waals surface area contributed by atoms with Crippen LogP contribution in [0.2, 0.25) is 0 Å². The lowest BCUT2D eigenvalue weighted by molar-refractivity contribution is 0.159. The molecule has 27 heavy (non-hydrogen) atoms. The molecule has 1 aromatic carbocycles. The molecule has 1 fully saturated rings. The van der Waals surface area contributed by atoms with E-state index in [1.165, 1.54) is 12.1 Å². The summed E-state index contributed by atoms with van der Waals surface area (Å²) < 4.78 is 26.7. The number of benzene rings is 1. The lowest BCUT2D eigenvalue weighted by Gasteiger charge is -2.42. The Morgan fingerprint density at radius 2 is 2.07 bits per heavy atom. The van der Waals surface area contributed by atoms with Gasteiger partial charge in [0, 0.05) is 32.4 Å². The van der Waals surface area contributed by atoms with Crippen molar-refractivity contribution in [3.05, 3.63) is 54.0 Å². The molecule has 0 amide bonds. The molecule has 0 saturated carbocycles. The van der Waals surface area contributed by atoms with Gasteiger partial charge in [-0.25, -0.2) is 18.7 Å². The normalized spacial score (nSPS) is 20.9. The van der Waals surface area contributed by atoms with Gasteiger partial charge in [-0.2, -0.15) is 0 Å². The number of aromatic nitrogens is 3. The van der Waals surface area contributed by atoms with Crippen molar-refractivity contribution >= 4 is 16.9 Å². The predicted molar refractivity (Wildman–Crippen MR) is 101 cm³/mol. The monoisotopic (exact) mass is 371 g/mol. The van der Waals surface area contributed by atoms with E-state index in [2.05, 4.69) is 38.7 Å². The highest BCUT2D eigenvalue weighted by atomic mass is 19.2. The summed E-state index contributed by atoms with van der Waals surface area (Å²) in [7, 11) is 2.07. The van der Waals surface area contributed by atoms with Crippen molar-refractivity contribution in [1.29, 1.82) is 0 Å². The van der Waals surface area contributed by atoms with Crippen molar-refractivity contribution in [2.75, 3.05) is 25.0 Å². The van der Waals surface area contributed by atoms with Gasteiger partial charge in [0.2, 0.25) is 0 Å². The zero-order chi connectivity index (χ0) is 19.0. The number of aromatic amines is 1. The van der Waals surface area contributed by atoms with Gasteiger partial charge in [0.25, 0.3) is 0 Å². The number of halogens is 2. The molecule has 3 aromatic rings. The Morgan fingerprint density at radius 3 is 2.89 bits per heavy atom. The zero-order valence-electron chi connectivity index (χ0n) is 15.5. The zero-order valence-corrected chi connectivity index (χ0v) is 15.5. The molecule has 1 N–H and O–H groups in total. The molecule has 1 saturated heterocycles. The molecule has 5 nitrogen and oxygen atoms in total. The van der Waals surface area contributed by atoms with Gasteiger partial charge < -0.3 is 9.88 Å². The second kappa shape index (κ2) is 7.23. The van der Waals surface area contributed by atoms with Gasteiger partial charge in [-0.05, 0) is 42.6 Å². The number of anilines is 1. The Kier molecular flexibility index (Phi) is 4.78. The van der Waals surface area contributed by atoms with Crippen molar-refractivity contribution in [2.45, 2.75) is 25.9 Å². The minimum atomic E-state index is -0.803. The van der Waals surface area contributed by atoms with Gasteiger partial charge in [-0.3, -0.25) is 4.90 Å². The van der Waals surface area contributed by atoms with E-state index >= 15 is 0 Å². The first-order chi connectivity index (χ1) is 13.0. The third-order valence-electron chi connectivity index (χ3n) is 5.56. The summed E-state index contributed by atoms with van der Waals surface area (Å²) in [5, 5.41) is 1.00. The number of likely N-dealkylation sites (tertiary alicyclic amines) is 1. The maximum absolute atomic E-state index is 13.5. The van der Waals surface area contributed by atoms with Gasteiger partial charge in [-0.1, -0.05) is 13.0 Å². The average molecular weight is 371 g/mol. The third-order valence-corrected chi connectivity index (χ3v) is 5.56. The van der Waals surface area contributed by atoms with Gasteiger partial charge in [0.05, 0.1) is 5.39 Å². The summed E-state index contributed by atoms with van der Waals surface area (Å²) in [6.45, 7) is 4.64. The van der Waals surface area contributed by atoms with Crippen LogP contribution in [-0.4, -0.2) is 46.0 Å². The van der Waals surface area contributed by atoms with Crippen molar-refractivity contribution < 1.29 is 8.78 Å². The van der Waals surface area contributed by atoms with Crippen LogP contribution in [0.25, 0.3) is 11.0 Å². The van der Waals surface area contributed by atoms with Crippen molar-refractivity contribution in [3.63, 3.8) is 0 Å². The molecule has 142 valence electrons. The summed E-state index contributed by atoms with van der Waals surface area (Å²) >= 11 is 0. The highest BCUT2D eigenvalue weighted by molar-refractivity contribution is 5.87. The van der Waals surface area contributed by atoms with E-state index in [9.17, 15) is 8.78 Å². The Balaban J connectivity index is 1.53. The van der Waals surface area contributed by atoms with E-state index in [4.69, 9.17) is 0 Å². The van der Waals surface area contributed by atoms with Crippen molar-refractivity contribution in [2.24, 2.45) is 5.92 Å². The van der Waals surface area contributed by atoms with E-state index in [-0.39, 0.29) is 6.04 Å². The maximum Gasteiger partial charge on any atom is 0.159 e. The molecule has 2 unspecified atom stereocenters. The molecule has 7 heteroatoms. The van der Waals surface area contributed by atoms with Crippen LogP contribution in [0.15, 0.2) is 36.8 Å². The topological polar surface area (TPSA) is 48.1 Å². The SMILES string of the molecule is CC1CCN(Cc2ccc(F)c(F)c2)CC1N(C)c1ncnc2[nH]ccc12. The van der Waals surface area contributed by atoms with Gasteiger partial charge >= 0.3 is 0 Å². The van der Waals surface area contributed by atoms with Gasteiger partial charge in [-0.15, -0.1) is 0 Å². The lowest BCUT2D eigenvalue weighted by atomic mass is 9.92. The van der Waals surface area contributed by atoms with Crippen LogP contribution in [0.1, 0.15) is 18.9 Å². The highest BCUT2D eigenvalue weighted by Crippen LogP contribution is 2.29. The number of H-pyrrole nitrogens is 1. The number of rotatable bonds is 4. The summed E-state index contributed by atoms with van der Waals surface area (Å²) in [6, 6.07) is 6.41. The minimum Gasteiger partial charge on any atom is -0.354 e. The molecule has 2 atom stereocenters. The number of fused-ring (bicyclic) bond motifs is 1. The molecule has 1 aliphatic heterocycles. The Hall–Kier alpha value is -2.54. The molecule has 0 spiro atoms. The first kappa shape index (κ1) is 17.9. The van der Waals surface area contributed by atoms with E-state index in [1.807, 2.05) is 12.3 Å². The maximum atomic E-state index is 13.5. The van der Waals surface area contributed by atoms with Crippen LogP contribution >= 0.6 is 0 Å². The third kappa shape index (κ3) is 3.51. The first-order valence-electron chi connectivity index (χ1n) is 9.20. The summed E-state index contributed by atoms with van der Waals surface area (Å²) in [5.41, 5.74) is 1.62. The number of nitrogens with zero attached hydrogens (tertiary/aromatic N) is 4. The Morgan fingerprint density at radius 1 is 1.22 bits per heavy atom. The fraction of sp³-hybridized carbons (Fsp3) is 0.400. The number of likely N-dealkylation sites (N-methyl/N-ethyl adjacent to an activating group) is 1. The summed E-state index contributed by atoms with van der Waals surface area (Å²) in [6.07, 6.45) is 4.49. The van der Waals surface area contributed by atoms with Crippen molar-refractivity contribution in [3.8, 4) is 0 Å². The fourth-order valence-corrected chi connectivity index (χ4v) is 3.96. The van der Waals surface area contributed by atoms with E-state index in [1.54, 1.807) is 12.4 Å². The summed E-state index contributed by atoms with van der Waals surface area (Å²) in [4.78, 5) is 16.4. The number of nitrogens with one attached hydrogen (secondary N) is 1. The van der Waals surface area contributed by atoms with Crippen molar-refractivity contribution in [1.82, 2.24) is 19.9 Å². The van der Waals surface area contributed by atoms with E-state index in [0.717, 1.165) is 41.9 Å². The van der Waals surface area contributed by atoms with E-state index in [0.29, 0.717) is 12.5 Å². The van der Waals surface area contributed by atoms with Gasteiger partial charge in [0.1, 0.15) is 17.8 Å². The molecular formula is C20H23F2N5. The molecule has 0 radical (unpaired) electrons. The average Bonchev–Trinajstić information content (AvgIpc) is 3.14. The van der Waals surface area contributed by atoms with Crippen LogP contribution in [-0.2, 0) is 6.54 Å². The molecule has 0 aliphatic carbocycles. The highest BCUT2D eigenvalue weighted by Gasteiger charge is 2.30. The molecule has 0 bridgehead atoms. The molecule has 3 heterocycles. The van der Waals surface area contributed by atoms with Crippen LogP contribution in [0.5, 0.6) is 0 Å². The quantitative estimate of drug-likeness (QED) is 0.762. The molecular weight excluding hydrogens is 348 g/mol. The fourth-order valence-electron chi connectivity index (χ4n) is 3.96. The molecule has 4 rings (SSSR count). The number of hydrogen-bond acceptors (Lipinski definition) is 4. The van der Waals surface area contributed by atoms with Crippen LogP contribution in [0.4, 0.5) is 14.6 Å². The van der Waals surface area contributed by atoms with Crippen LogP contribution in [0.3, 0.4) is 0 Å². The standard InChI is InChI=1S/C20H23F2N5/c1-13-6-8-27(10-14-3-4-16(21)17(22)9-14)11-18(13)26(2)20-15-5-7-23-19(15)24-12-25-20/h3-5,7,9,12-13,18H,6,8,10-11H2,1-2H3,(H,23,24,25). The lowest BCUT2D eigenvalue weighted by Crippen LogP contribution is -2.50. The van der Waals surface area contributed by atoms with Crippen LogP contribution < -0.4 is 4.90 Å². The van der Waals surface area contributed by atoms with Gasteiger partial charge in [0.15, 0.2) is 11.6 Å². The molecule has 1 aliphatic rings. The molecule has 2 aromatic heterocycles. The first-order valence-corrected chi connectivity index (χ1v) is 9.20. The smallest absolute Gasteiger partial charge is 0.159 e. The number of hydrogen-bond donors (Lipinski definition) is 1. The Bertz CT molecular complexity index is 941. The van der Waals surface area contributed by atoms with E-state index < -0.39 is 11.6 Å². The second-order valence-electron chi connectivity index (χ2n) is 7.37. The van der Waals surface area contributed by atoms with Crippen LogP contribution in [0, 0.1) is 17.6 Å². The number of piperidine rings is 1.